The van der Waals surface area contributed by atoms with Crippen molar-refractivity contribution in [1.29, 1.82) is 0 Å². The second-order valence-electron chi connectivity index (χ2n) is 12.6. The minimum Gasteiger partial charge on any atom is -0.489 e. The molecule has 2 aromatic heterocycles. The standard InChI is InChI=1S/C30H38N10O11S2/c1-30(2)24(27(43)40(30)51-53(46,47)48)36-26(42)23(21-16-52-29(32)35-21)37-50-22(28(44)45)15-49-20-6-4-18(5-7-20)25(41)34-19-13-38(9-3-8-31)39(14-19)12-17-10-33-11-17/h4-7,13-14,16-17,22,24,33H,3,8-12,15,31H2,1-2H3,(H5-,32,34,35,36,41,42,44,45,46,47,48)/p+1/b37-23-/t22-,24+/m0/s1. The van der Waals surface area contributed by atoms with Gasteiger partial charge in [-0.25, -0.2) is 9.78 Å². The number of ether oxygens (including phenoxy) is 1. The lowest BCUT2D eigenvalue weighted by molar-refractivity contribution is -0.781. The number of aliphatic carboxylic acids is 1. The second-order valence-corrected chi connectivity index (χ2v) is 14.5. The van der Waals surface area contributed by atoms with Gasteiger partial charge in [-0.15, -0.1) is 20.3 Å². The normalized spacial score (nSPS) is 17.7. The van der Waals surface area contributed by atoms with Crippen LogP contribution in [0.5, 0.6) is 5.75 Å². The molecule has 286 valence electrons. The van der Waals surface area contributed by atoms with E-state index in [1.54, 1.807) is 0 Å². The van der Waals surface area contributed by atoms with Crippen molar-refractivity contribution in [1.82, 2.24) is 25.4 Å². The first-order valence-electron chi connectivity index (χ1n) is 16.1. The van der Waals surface area contributed by atoms with E-state index >= 15 is 0 Å². The molecule has 5 rings (SSSR count). The van der Waals surface area contributed by atoms with E-state index in [1.807, 2.05) is 17.1 Å². The number of carboxylic acids is 1. The zero-order valence-corrected chi connectivity index (χ0v) is 30.1. The highest BCUT2D eigenvalue weighted by atomic mass is 32.3. The number of nitrogens with two attached hydrogens (primary N) is 2. The van der Waals surface area contributed by atoms with E-state index in [2.05, 4.69) is 35.1 Å². The predicted molar refractivity (Wildman–Crippen MR) is 186 cm³/mol. The molecule has 0 saturated carbocycles. The van der Waals surface area contributed by atoms with Crippen molar-refractivity contribution in [2.75, 3.05) is 37.3 Å². The minimum atomic E-state index is -5.04. The number of hydroxylamine groups is 2. The summed E-state index contributed by atoms with van der Waals surface area (Å²) in [5.74, 6) is -3.23. The van der Waals surface area contributed by atoms with Crippen LogP contribution in [0, 0.1) is 5.92 Å². The van der Waals surface area contributed by atoms with E-state index in [1.165, 1.54) is 43.5 Å². The van der Waals surface area contributed by atoms with Gasteiger partial charge in [0.15, 0.2) is 17.4 Å². The number of hydrogen-bond donors (Lipinski definition) is 7. The first-order valence-corrected chi connectivity index (χ1v) is 18.3. The molecule has 0 unspecified atom stereocenters. The van der Waals surface area contributed by atoms with Gasteiger partial charge in [-0.1, -0.05) is 5.16 Å². The van der Waals surface area contributed by atoms with Crippen molar-refractivity contribution in [2.45, 2.75) is 51.0 Å². The van der Waals surface area contributed by atoms with E-state index in [0.717, 1.165) is 37.4 Å². The van der Waals surface area contributed by atoms with E-state index in [4.69, 9.17) is 25.6 Å². The molecular weight excluding hydrogens is 741 g/mol. The molecule has 0 spiro atoms. The Morgan fingerprint density at radius 1 is 1.25 bits per heavy atom. The first kappa shape index (κ1) is 39.0. The molecule has 2 saturated heterocycles. The molecule has 3 aromatic rings. The monoisotopic (exact) mass is 779 g/mol. The molecule has 4 heterocycles. The van der Waals surface area contributed by atoms with Crippen molar-refractivity contribution in [3.05, 3.63) is 53.3 Å². The van der Waals surface area contributed by atoms with Crippen molar-refractivity contribution >= 4 is 62.0 Å². The smallest absolute Gasteiger partial charge is 0.418 e. The molecule has 0 radical (unpaired) electrons. The van der Waals surface area contributed by atoms with Crippen LogP contribution in [0.1, 0.15) is 36.3 Å². The molecule has 2 aliphatic heterocycles. The third kappa shape index (κ3) is 9.62. The lowest BCUT2D eigenvalue weighted by Gasteiger charge is -2.50. The van der Waals surface area contributed by atoms with Crippen LogP contribution in [-0.4, -0.2) is 106 Å². The maximum Gasteiger partial charge on any atom is 0.418 e. The Hall–Kier alpha value is -5.20. The molecule has 3 amide bonds. The fourth-order valence-corrected chi connectivity index (χ4v) is 6.28. The summed E-state index contributed by atoms with van der Waals surface area (Å²) in [4.78, 5) is 60.0. The highest BCUT2D eigenvalue weighted by Gasteiger charge is 2.58. The van der Waals surface area contributed by atoms with Crippen LogP contribution in [0.4, 0.5) is 10.8 Å². The molecule has 0 aliphatic carbocycles. The maximum atomic E-state index is 13.3. The number of β-lactam (4-membered cyclic amide) rings is 1. The number of carbonyl (C=O) groups excluding carboxylic acids is 3. The number of amides is 3. The molecular formula is C30H39N10O11S2+. The summed E-state index contributed by atoms with van der Waals surface area (Å²) in [5, 5.41) is 23.7. The molecule has 1 aromatic carbocycles. The molecule has 2 aliphatic rings. The molecule has 9 N–H and O–H groups in total. The Balaban J connectivity index is 1.21. The van der Waals surface area contributed by atoms with Crippen LogP contribution in [0.25, 0.3) is 0 Å². The first-order chi connectivity index (χ1) is 25.0. The van der Waals surface area contributed by atoms with Gasteiger partial charge in [0.2, 0.25) is 6.20 Å². The van der Waals surface area contributed by atoms with E-state index in [-0.39, 0.29) is 22.5 Å². The highest BCUT2D eigenvalue weighted by Crippen LogP contribution is 2.33. The number of nitrogens with one attached hydrogen (secondary N) is 3. The average molecular weight is 780 g/mol. The Labute approximate surface area is 306 Å². The fraction of sp³-hybridized carbons (Fsp3) is 0.433. The van der Waals surface area contributed by atoms with Crippen LogP contribution >= 0.6 is 11.3 Å². The van der Waals surface area contributed by atoms with Crippen molar-refractivity contribution in [2.24, 2.45) is 16.8 Å². The van der Waals surface area contributed by atoms with Crippen LogP contribution in [0.15, 0.2) is 47.2 Å². The van der Waals surface area contributed by atoms with E-state index in [0.29, 0.717) is 35.3 Å². The van der Waals surface area contributed by atoms with Crippen molar-refractivity contribution < 1.29 is 55.8 Å². The van der Waals surface area contributed by atoms with Gasteiger partial charge in [-0.2, -0.15) is 18.2 Å². The Bertz CT molecular complexity index is 1980. The lowest BCUT2D eigenvalue weighted by atomic mass is 9.84. The van der Waals surface area contributed by atoms with Crippen LogP contribution in [0.2, 0.25) is 0 Å². The van der Waals surface area contributed by atoms with Gasteiger partial charge in [-0.05, 0) is 51.1 Å². The molecule has 2 atom stereocenters. The largest absolute Gasteiger partial charge is 0.489 e. The number of nitrogen functional groups attached to an aromatic ring is 1. The van der Waals surface area contributed by atoms with Gasteiger partial charge >= 0.3 is 16.4 Å². The number of hydrogen-bond acceptors (Lipinski definition) is 15. The number of oxime groups is 1. The average Bonchev–Trinajstić information content (AvgIpc) is 3.68. The third-order valence-corrected chi connectivity index (χ3v) is 9.24. The summed E-state index contributed by atoms with van der Waals surface area (Å²) in [6.45, 7) is 6.02. The van der Waals surface area contributed by atoms with Gasteiger partial charge in [0.25, 0.3) is 23.8 Å². The highest BCUT2D eigenvalue weighted by molar-refractivity contribution is 7.80. The predicted octanol–water partition coefficient (Wildman–Crippen LogP) is -1.27. The summed E-state index contributed by atoms with van der Waals surface area (Å²) < 4.78 is 45.2. The van der Waals surface area contributed by atoms with Crippen LogP contribution < -0.4 is 36.8 Å². The summed E-state index contributed by atoms with van der Waals surface area (Å²) in [7, 11) is -5.04. The second kappa shape index (κ2) is 16.2. The van der Waals surface area contributed by atoms with Crippen molar-refractivity contribution in [3.63, 3.8) is 0 Å². The SMILES string of the molecule is CC1(C)[C@H](NC(=O)/C(=N\O[C@@H](COc2ccc(C(=O)Nc3cn(CCCN)[n+](CC4CNC4)c3)cc2)C(=O)O)c2csc(N)n2)C(=O)N1OS(=O)(=O)O. The molecule has 53 heavy (non-hydrogen) atoms. The number of thiazole rings is 1. The van der Waals surface area contributed by atoms with Crippen molar-refractivity contribution in [3.8, 4) is 5.75 Å². The Kier molecular flexibility index (Phi) is 11.9. The zero-order valence-electron chi connectivity index (χ0n) is 28.5. The van der Waals surface area contributed by atoms with E-state index < -0.39 is 58.2 Å². The number of nitrogens with zero attached hydrogens (tertiary/aromatic N) is 5. The number of carboxylic acid groups (broad SMARTS) is 1. The van der Waals surface area contributed by atoms with E-state index in [9.17, 15) is 32.7 Å². The molecule has 23 heteroatoms. The van der Waals surface area contributed by atoms with Crippen LogP contribution in [0.3, 0.4) is 0 Å². The number of anilines is 2. The van der Waals surface area contributed by atoms with Gasteiger partial charge in [-0.3, -0.25) is 18.9 Å². The molecule has 21 nitrogen and oxygen atoms in total. The number of aromatic nitrogens is 3. The summed E-state index contributed by atoms with van der Waals surface area (Å²) >= 11 is 0.939. The molecule has 2 fully saturated rings. The summed E-state index contributed by atoms with van der Waals surface area (Å²) in [5.41, 5.74) is 10.2. The number of benzene rings is 1. The van der Waals surface area contributed by atoms with Gasteiger partial charge in [0.05, 0.1) is 18.3 Å². The topological polar surface area (TPSA) is 296 Å². The third-order valence-electron chi connectivity index (χ3n) is 8.23. The maximum absolute atomic E-state index is 13.3. The van der Waals surface area contributed by atoms with Gasteiger partial charge < -0.3 is 42.1 Å². The van der Waals surface area contributed by atoms with Gasteiger partial charge in [0, 0.05) is 30.0 Å². The lowest BCUT2D eigenvalue weighted by Crippen LogP contribution is -2.76. The zero-order chi connectivity index (χ0) is 38.5. The Morgan fingerprint density at radius 3 is 2.53 bits per heavy atom. The number of aryl methyl sites for hydroxylation is 1. The molecule has 0 bridgehead atoms. The van der Waals surface area contributed by atoms with Gasteiger partial charge in [0.1, 0.15) is 29.8 Å². The minimum absolute atomic E-state index is 0.0368. The number of carbonyl (C=O) groups is 4. The fourth-order valence-electron chi connectivity index (χ4n) is 5.27. The quantitative estimate of drug-likeness (QED) is 0.0260. The summed E-state index contributed by atoms with van der Waals surface area (Å²) in [6, 6.07) is 4.58. The van der Waals surface area contributed by atoms with Crippen LogP contribution in [-0.2, 0) is 47.0 Å². The number of rotatable bonds is 18. The summed E-state index contributed by atoms with van der Waals surface area (Å²) in [6.07, 6.45) is 2.77. The Morgan fingerprint density at radius 2 is 1.96 bits per heavy atom.